The van der Waals surface area contributed by atoms with E-state index in [0.29, 0.717) is 17.1 Å². The molecule has 0 saturated carbocycles. The Kier molecular flexibility index (Phi) is 5.22. The molecule has 2 aromatic carbocycles. The molecular formula is C20H21N3O3. The average Bonchev–Trinajstić information content (AvgIpc) is 3.22. The van der Waals surface area contributed by atoms with Crippen molar-refractivity contribution in [2.24, 2.45) is 0 Å². The number of hydrogen-bond acceptors (Lipinski definition) is 4. The van der Waals surface area contributed by atoms with Crippen LogP contribution in [0.15, 0.2) is 60.9 Å². The van der Waals surface area contributed by atoms with Gasteiger partial charge in [0.2, 0.25) is 0 Å². The van der Waals surface area contributed by atoms with Gasteiger partial charge in [-0.3, -0.25) is 4.79 Å². The van der Waals surface area contributed by atoms with Gasteiger partial charge in [0.1, 0.15) is 11.5 Å². The van der Waals surface area contributed by atoms with Crippen LogP contribution in [0, 0.1) is 0 Å². The number of amides is 1. The van der Waals surface area contributed by atoms with Crippen molar-refractivity contribution in [2.45, 2.75) is 13.0 Å². The quantitative estimate of drug-likeness (QED) is 0.739. The maximum atomic E-state index is 12.6. The molecule has 26 heavy (non-hydrogen) atoms. The van der Waals surface area contributed by atoms with Crippen molar-refractivity contribution in [3.63, 3.8) is 0 Å². The predicted molar refractivity (Wildman–Crippen MR) is 99.0 cm³/mol. The van der Waals surface area contributed by atoms with Gasteiger partial charge in [-0.1, -0.05) is 0 Å². The lowest BCUT2D eigenvalue weighted by Crippen LogP contribution is -2.27. The minimum Gasteiger partial charge on any atom is -0.497 e. The van der Waals surface area contributed by atoms with E-state index in [4.69, 9.17) is 9.47 Å². The lowest BCUT2D eigenvalue weighted by Gasteiger charge is -2.18. The van der Waals surface area contributed by atoms with Crippen molar-refractivity contribution in [3.8, 4) is 17.2 Å². The summed E-state index contributed by atoms with van der Waals surface area (Å²) in [6.45, 7) is 1.91. The molecule has 0 saturated heterocycles. The highest BCUT2D eigenvalue weighted by atomic mass is 16.5. The van der Waals surface area contributed by atoms with E-state index in [9.17, 15) is 4.79 Å². The molecule has 1 aromatic heterocycles. The topological polar surface area (TPSA) is 65.4 Å². The second-order valence-electron chi connectivity index (χ2n) is 5.80. The molecule has 1 heterocycles. The van der Waals surface area contributed by atoms with Crippen molar-refractivity contribution in [1.29, 1.82) is 0 Å². The lowest BCUT2D eigenvalue weighted by atomic mass is 10.1. The van der Waals surface area contributed by atoms with Gasteiger partial charge in [-0.05, 0) is 55.5 Å². The monoisotopic (exact) mass is 351 g/mol. The second kappa shape index (κ2) is 7.74. The van der Waals surface area contributed by atoms with E-state index in [1.165, 1.54) is 0 Å². The highest BCUT2D eigenvalue weighted by Gasteiger charge is 2.16. The third-order valence-corrected chi connectivity index (χ3v) is 4.15. The predicted octanol–water partition coefficient (Wildman–Crippen LogP) is 3.38. The molecular weight excluding hydrogens is 330 g/mol. The summed E-state index contributed by atoms with van der Waals surface area (Å²) >= 11 is 0. The van der Waals surface area contributed by atoms with Crippen LogP contribution in [0.1, 0.15) is 28.9 Å². The molecule has 0 bridgehead atoms. The van der Waals surface area contributed by atoms with Crippen LogP contribution >= 0.6 is 0 Å². The third-order valence-electron chi connectivity index (χ3n) is 4.15. The molecule has 0 radical (unpaired) electrons. The Morgan fingerprint density at radius 1 is 1.12 bits per heavy atom. The number of rotatable bonds is 6. The highest BCUT2D eigenvalue weighted by molar-refractivity contribution is 5.94. The average molecular weight is 351 g/mol. The zero-order valence-electron chi connectivity index (χ0n) is 15.0. The summed E-state index contributed by atoms with van der Waals surface area (Å²) in [5, 5.41) is 7.17. The molecule has 134 valence electrons. The minimum absolute atomic E-state index is 0.158. The van der Waals surface area contributed by atoms with Crippen LogP contribution in [-0.4, -0.2) is 29.9 Å². The summed E-state index contributed by atoms with van der Waals surface area (Å²) in [4.78, 5) is 12.6. The fourth-order valence-corrected chi connectivity index (χ4v) is 2.72. The van der Waals surface area contributed by atoms with Crippen LogP contribution in [0.5, 0.6) is 11.5 Å². The Morgan fingerprint density at radius 3 is 2.50 bits per heavy atom. The number of nitrogens with zero attached hydrogens (tertiary/aromatic N) is 2. The zero-order valence-corrected chi connectivity index (χ0v) is 15.0. The number of carbonyl (C=O) groups excluding carboxylic acids is 1. The number of ether oxygens (including phenoxy) is 2. The van der Waals surface area contributed by atoms with E-state index in [-0.39, 0.29) is 11.9 Å². The molecule has 1 N–H and O–H groups in total. The number of aromatic nitrogens is 2. The summed E-state index contributed by atoms with van der Waals surface area (Å²) in [7, 11) is 3.21. The number of benzene rings is 2. The largest absolute Gasteiger partial charge is 0.497 e. The third kappa shape index (κ3) is 3.69. The lowest BCUT2D eigenvalue weighted by molar-refractivity contribution is 0.0939. The molecule has 0 aliphatic carbocycles. The molecule has 3 rings (SSSR count). The SMILES string of the molecule is COc1ccc(OC)c([C@@H](C)NC(=O)c2ccc(-n3cccn3)cc2)c1. The molecule has 0 unspecified atom stereocenters. The van der Waals surface area contributed by atoms with Gasteiger partial charge < -0.3 is 14.8 Å². The number of methoxy groups -OCH3 is 2. The summed E-state index contributed by atoms with van der Waals surface area (Å²) < 4.78 is 12.4. The van der Waals surface area contributed by atoms with Crippen molar-refractivity contribution in [3.05, 3.63) is 72.1 Å². The van der Waals surface area contributed by atoms with Crippen LogP contribution in [0.2, 0.25) is 0 Å². The highest BCUT2D eigenvalue weighted by Crippen LogP contribution is 2.29. The van der Waals surface area contributed by atoms with Gasteiger partial charge in [0.05, 0.1) is 25.9 Å². The Hall–Kier alpha value is -3.28. The van der Waals surface area contributed by atoms with Crippen LogP contribution in [0.3, 0.4) is 0 Å². The van der Waals surface area contributed by atoms with Gasteiger partial charge in [0.25, 0.3) is 5.91 Å². The van der Waals surface area contributed by atoms with E-state index in [2.05, 4.69) is 10.4 Å². The van der Waals surface area contributed by atoms with Gasteiger partial charge in [0, 0.05) is 23.5 Å². The van der Waals surface area contributed by atoms with Crippen LogP contribution in [0.4, 0.5) is 0 Å². The Morgan fingerprint density at radius 2 is 1.88 bits per heavy atom. The van der Waals surface area contributed by atoms with Crippen LogP contribution in [0.25, 0.3) is 5.69 Å². The minimum atomic E-state index is -0.238. The van der Waals surface area contributed by atoms with Crippen molar-refractivity contribution >= 4 is 5.91 Å². The first-order valence-corrected chi connectivity index (χ1v) is 8.25. The molecule has 1 amide bonds. The Bertz CT molecular complexity index is 874. The van der Waals surface area contributed by atoms with E-state index >= 15 is 0 Å². The van der Waals surface area contributed by atoms with Crippen molar-refractivity contribution in [2.75, 3.05) is 14.2 Å². The summed E-state index contributed by atoms with van der Waals surface area (Å²) in [5.41, 5.74) is 2.33. The maximum absolute atomic E-state index is 12.6. The molecule has 0 aliphatic rings. The first-order valence-electron chi connectivity index (χ1n) is 8.25. The van der Waals surface area contributed by atoms with Gasteiger partial charge in [0.15, 0.2) is 0 Å². The zero-order chi connectivity index (χ0) is 18.5. The van der Waals surface area contributed by atoms with Gasteiger partial charge in [-0.2, -0.15) is 5.10 Å². The molecule has 0 fully saturated rings. The molecule has 1 atom stereocenters. The van der Waals surface area contributed by atoms with Crippen molar-refractivity contribution < 1.29 is 14.3 Å². The van der Waals surface area contributed by atoms with Gasteiger partial charge in [-0.25, -0.2) is 4.68 Å². The number of carbonyl (C=O) groups is 1. The molecule has 0 aliphatic heterocycles. The first-order chi connectivity index (χ1) is 12.6. The van der Waals surface area contributed by atoms with Gasteiger partial charge >= 0.3 is 0 Å². The molecule has 6 nitrogen and oxygen atoms in total. The Labute approximate surface area is 152 Å². The molecule has 0 spiro atoms. The normalized spacial score (nSPS) is 11.7. The molecule has 6 heteroatoms. The standard InChI is InChI=1S/C20H21N3O3/c1-14(18-13-17(25-2)9-10-19(18)26-3)22-20(24)15-5-7-16(8-6-15)23-12-4-11-21-23/h4-14H,1-3H3,(H,22,24)/t14-/m1/s1. The number of nitrogens with one attached hydrogen (secondary N) is 1. The molecule has 3 aromatic rings. The van der Waals surface area contributed by atoms with E-state index in [0.717, 1.165) is 11.3 Å². The summed E-state index contributed by atoms with van der Waals surface area (Å²) in [6.07, 6.45) is 3.57. The summed E-state index contributed by atoms with van der Waals surface area (Å²) in [6, 6.07) is 14.4. The Balaban J connectivity index is 1.75. The fraction of sp³-hybridized carbons (Fsp3) is 0.200. The first kappa shape index (κ1) is 17.5. The van der Waals surface area contributed by atoms with Crippen LogP contribution < -0.4 is 14.8 Å². The second-order valence-corrected chi connectivity index (χ2v) is 5.80. The number of hydrogen-bond donors (Lipinski definition) is 1. The van der Waals surface area contributed by atoms with E-state index in [1.54, 1.807) is 37.2 Å². The smallest absolute Gasteiger partial charge is 0.251 e. The summed E-state index contributed by atoms with van der Waals surface area (Å²) in [5.74, 6) is 1.26. The van der Waals surface area contributed by atoms with E-state index in [1.807, 2.05) is 49.5 Å². The fourth-order valence-electron chi connectivity index (χ4n) is 2.72. The van der Waals surface area contributed by atoms with Gasteiger partial charge in [-0.15, -0.1) is 0 Å². The van der Waals surface area contributed by atoms with Crippen LogP contribution in [-0.2, 0) is 0 Å². The maximum Gasteiger partial charge on any atom is 0.251 e. The van der Waals surface area contributed by atoms with Crippen molar-refractivity contribution in [1.82, 2.24) is 15.1 Å². The van der Waals surface area contributed by atoms with E-state index < -0.39 is 0 Å².